The Hall–Kier alpha value is -4.79. The Balaban J connectivity index is 1.36. The lowest BCUT2D eigenvalue weighted by atomic mass is 10.1. The molecule has 1 saturated carbocycles. The number of methoxy groups -OCH3 is 1. The van der Waals surface area contributed by atoms with E-state index in [1.165, 1.54) is 6.92 Å². The zero-order valence-corrected chi connectivity index (χ0v) is 23.2. The summed E-state index contributed by atoms with van der Waals surface area (Å²) in [6.07, 6.45) is 4.70. The van der Waals surface area contributed by atoms with Gasteiger partial charge in [0, 0.05) is 18.9 Å². The highest BCUT2D eigenvalue weighted by Crippen LogP contribution is 2.27. The van der Waals surface area contributed by atoms with Gasteiger partial charge >= 0.3 is 5.97 Å². The summed E-state index contributed by atoms with van der Waals surface area (Å²) in [5.41, 5.74) is 2.24. The molecule has 41 heavy (non-hydrogen) atoms. The van der Waals surface area contributed by atoms with E-state index in [2.05, 4.69) is 10.6 Å². The smallest absolute Gasteiger partial charge is 0.302 e. The van der Waals surface area contributed by atoms with Crippen molar-refractivity contribution in [3.05, 3.63) is 95.2 Å². The summed E-state index contributed by atoms with van der Waals surface area (Å²) in [4.78, 5) is 37.0. The minimum atomic E-state index is -0.512. The van der Waals surface area contributed by atoms with Gasteiger partial charge in [0.25, 0.3) is 11.8 Å². The number of hydrogen-bond acceptors (Lipinski definition) is 7. The van der Waals surface area contributed by atoms with Crippen LogP contribution in [0.1, 0.15) is 41.3 Å². The van der Waals surface area contributed by atoms with Gasteiger partial charge in [-0.05, 0) is 78.6 Å². The molecule has 1 fully saturated rings. The van der Waals surface area contributed by atoms with Gasteiger partial charge in [0.1, 0.15) is 29.6 Å². The number of hydrogen-bond donors (Lipinski definition) is 2. The van der Waals surface area contributed by atoms with E-state index >= 15 is 0 Å². The second-order valence-electron chi connectivity index (χ2n) is 9.47. The lowest BCUT2D eigenvalue weighted by Gasteiger charge is -2.12. The fourth-order valence-corrected chi connectivity index (χ4v) is 3.78. The van der Waals surface area contributed by atoms with Gasteiger partial charge in [-0.15, -0.1) is 0 Å². The minimum absolute atomic E-state index is 0.0232. The van der Waals surface area contributed by atoms with Crippen molar-refractivity contribution in [2.24, 2.45) is 0 Å². The molecule has 1 aliphatic rings. The third-order valence-electron chi connectivity index (χ3n) is 6.14. The van der Waals surface area contributed by atoms with Crippen molar-refractivity contribution < 1.29 is 33.3 Å². The van der Waals surface area contributed by atoms with Crippen molar-refractivity contribution in [2.75, 3.05) is 26.9 Å². The van der Waals surface area contributed by atoms with E-state index < -0.39 is 17.8 Å². The summed E-state index contributed by atoms with van der Waals surface area (Å²) in [5.74, 6) is 0.782. The molecule has 3 aromatic rings. The molecule has 0 heterocycles. The first-order valence-corrected chi connectivity index (χ1v) is 13.5. The Morgan fingerprint density at radius 2 is 1.51 bits per heavy atom. The molecule has 0 aromatic heterocycles. The van der Waals surface area contributed by atoms with Gasteiger partial charge in [-0.2, -0.15) is 0 Å². The highest BCUT2D eigenvalue weighted by atomic mass is 16.5. The molecule has 2 N–H and O–H groups in total. The van der Waals surface area contributed by atoms with E-state index in [-0.39, 0.29) is 25.0 Å². The van der Waals surface area contributed by atoms with Crippen molar-refractivity contribution in [1.82, 2.24) is 10.6 Å². The van der Waals surface area contributed by atoms with Crippen molar-refractivity contribution in [3.63, 3.8) is 0 Å². The molecule has 2 amide bonds. The van der Waals surface area contributed by atoms with E-state index in [9.17, 15) is 14.4 Å². The van der Waals surface area contributed by atoms with Gasteiger partial charge in [-0.25, -0.2) is 0 Å². The number of benzene rings is 3. The van der Waals surface area contributed by atoms with Crippen LogP contribution < -0.4 is 24.8 Å². The van der Waals surface area contributed by atoms with Gasteiger partial charge in [0.05, 0.1) is 26.4 Å². The van der Waals surface area contributed by atoms with Crippen LogP contribution in [0.4, 0.5) is 0 Å². The standard InChI is InChI=1S/C32H34N2O7/c1-22(35)39-20-18-33-32(37)30(21-24-5-11-28(12-6-24)41-29-15-16-29)34-31(36)25-7-13-27(14-8-25)40-19-17-23-3-9-26(38-2)10-4-23/h3-14,21,29H,15-20H2,1-2H3,(H,33,37)(H,34,36). The lowest BCUT2D eigenvalue weighted by molar-refractivity contribution is -0.141. The van der Waals surface area contributed by atoms with Crippen LogP contribution in [0, 0.1) is 0 Å². The number of carbonyl (C=O) groups is 3. The molecule has 9 heteroatoms. The molecule has 0 radical (unpaired) electrons. The molecule has 1 aliphatic carbocycles. The number of nitrogens with one attached hydrogen (secondary N) is 2. The molecule has 0 atom stereocenters. The number of ether oxygens (including phenoxy) is 4. The predicted molar refractivity (Wildman–Crippen MR) is 154 cm³/mol. The highest BCUT2D eigenvalue weighted by molar-refractivity contribution is 6.05. The topological polar surface area (TPSA) is 112 Å². The van der Waals surface area contributed by atoms with Crippen molar-refractivity contribution in [1.29, 1.82) is 0 Å². The molecule has 3 aromatic carbocycles. The molecule has 214 valence electrons. The SMILES string of the molecule is COc1ccc(CCOc2ccc(C(=O)NC(=Cc3ccc(OC4CC4)cc3)C(=O)NCCOC(C)=O)cc2)cc1. The number of esters is 1. The van der Waals surface area contributed by atoms with Crippen molar-refractivity contribution in [2.45, 2.75) is 32.3 Å². The first-order chi connectivity index (χ1) is 19.9. The molecular formula is C32H34N2O7. The highest BCUT2D eigenvalue weighted by Gasteiger charge is 2.23. The van der Waals surface area contributed by atoms with E-state index in [4.69, 9.17) is 18.9 Å². The monoisotopic (exact) mass is 558 g/mol. The molecule has 0 unspecified atom stereocenters. The fraction of sp³-hybridized carbons (Fsp3) is 0.281. The zero-order valence-electron chi connectivity index (χ0n) is 23.2. The summed E-state index contributed by atoms with van der Waals surface area (Å²) in [6, 6.07) is 21.8. The van der Waals surface area contributed by atoms with Crippen LogP contribution in [0.2, 0.25) is 0 Å². The largest absolute Gasteiger partial charge is 0.497 e. The lowest BCUT2D eigenvalue weighted by Crippen LogP contribution is -2.36. The summed E-state index contributed by atoms with van der Waals surface area (Å²) >= 11 is 0. The second-order valence-corrected chi connectivity index (χ2v) is 9.47. The fourth-order valence-electron chi connectivity index (χ4n) is 3.78. The normalized spacial score (nSPS) is 12.7. The maximum absolute atomic E-state index is 13.0. The Morgan fingerprint density at radius 3 is 2.15 bits per heavy atom. The van der Waals surface area contributed by atoms with E-state index in [0.717, 1.165) is 36.3 Å². The molecule has 0 aliphatic heterocycles. The Morgan fingerprint density at radius 1 is 0.854 bits per heavy atom. The van der Waals surface area contributed by atoms with Gasteiger partial charge in [-0.1, -0.05) is 24.3 Å². The summed E-state index contributed by atoms with van der Waals surface area (Å²) in [6.45, 7) is 1.89. The van der Waals surface area contributed by atoms with Gasteiger partial charge < -0.3 is 29.6 Å². The van der Waals surface area contributed by atoms with Crippen LogP contribution in [0.3, 0.4) is 0 Å². The van der Waals surface area contributed by atoms with Gasteiger partial charge in [-0.3, -0.25) is 14.4 Å². The molecule has 9 nitrogen and oxygen atoms in total. The van der Waals surface area contributed by atoms with Crippen LogP contribution >= 0.6 is 0 Å². The van der Waals surface area contributed by atoms with E-state index in [1.54, 1.807) is 37.5 Å². The van der Waals surface area contributed by atoms with Crippen LogP contribution in [0.25, 0.3) is 6.08 Å². The summed E-state index contributed by atoms with van der Waals surface area (Å²) < 4.78 is 21.7. The van der Waals surface area contributed by atoms with Crippen LogP contribution in [-0.2, 0) is 20.7 Å². The molecule has 0 spiro atoms. The molecule has 0 saturated heterocycles. The molecular weight excluding hydrogens is 524 g/mol. The third-order valence-corrected chi connectivity index (χ3v) is 6.14. The summed E-state index contributed by atoms with van der Waals surface area (Å²) in [5, 5.41) is 5.36. The predicted octanol–water partition coefficient (Wildman–Crippen LogP) is 4.31. The van der Waals surface area contributed by atoms with Gasteiger partial charge in [0.15, 0.2) is 0 Å². The average molecular weight is 559 g/mol. The quantitative estimate of drug-likeness (QED) is 0.172. The second kappa shape index (κ2) is 14.6. The zero-order chi connectivity index (χ0) is 29.0. The first kappa shape index (κ1) is 29.2. The minimum Gasteiger partial charge on any atom is -0.497 e. The maximum atomic E-state index is 13.0. The Bertz CT molecular complexity index is 1350. The summed E-state index contributed by atoms with van der Waals surface area (Å²) in [7, 11) is 1.63. The molecule has 4 rings (SSSR count). The van der Waals surface area contributed by atoms with Crippen LogP contribution in [0.5, 0.6) is 17.2 Å². The Labute approximate surface area is 239 Å². The van der Waals surface area contributed by atoms with Crippen LogP contribution in [-0.4, -0.2) is 50.8 Å². The van der Waals surface area contributed by atoms with E-state index in [1.807, 2.05) is 48.5 Å². The average Bonchev–Trinajstić information content (AvgIpc) is 3.80. The number of amides is 2. The first-order valence-electron chi connectivity index (χ1n) is 13.5. The Kier molecular flexibility index (Phi) is 10.4. The number of rotatable bonds is 14. The van der Waals surface area contributed by atoms with Crippen molar-refractivity contribution >= 4 is 23.9 Å². The molecule has 0 bridgehead atoms. The maximum Gasteiger partial charge on any atom is 0.302 e. The number of carbonyl (C=O) groups excluding carboxylic acids is 3. The van der Waals surface area contributed by atoms with E-state index in [0.29, 0.717) is 23.5 Å². The van der Waals surface area contributed by atoms with Crippen molar-refractivity contribution in [3.8, 4) is 17.2 Å². The van der Waals surface area contributed by atoms with Gasteiger partial charge in [0.2, 0.25) is 0 Å². The van der Waals surface area contributed by atoms with Crippen LogP contribution in [0.15, 0.2) is 78.5 Å². The third kappa shape index (κ3) is 9.72.